The monoisotopic (exact) mass is 440 g/mol. The normalized spacial score (nSPS) is 15.1. The molecule has 156 valence electrons. The summed E-state index contributed by atoms with van der Waals surface area (Å²) in [5.41, 5.74) is 0.432. The molecule has 1 aliphatic rings. The third-order valence-electron chi connectivity index (χ3n) is 4.63. The Balaban J connectivity index is 1.58. The van der Waals surface area contributed by atoms with Gasteiger partial charge in [0, 0.05) is 11.7 Å². The van der Waals surface area contributed by atoms with E-state index >= 15 is 0 Å². The third-order valence-corrected chi connectivity index (χ3v) is 6.44. The quantitative estimate of drug-likeness (QED) is 0.678. The highest BCUT2D eigenvalue weighted by Gasteiger charge is 2.22. The number of hydrogen-bond donors (Lipinski definition) is 2. The van der Waals surface area contributed by atoms with E-state index in [4.69, 9.17) is 16.3 Å². The Morgan fingerprint density at radius 3 is 2.45 bits per heavy atom. The number of ether oxygens (including phenoxy) is 1. The van der Waals surface area contributed by atoms with Crippen LogP contribution in [0.25, 0.3) is 0 Å². The number of anilines is 1. The van der Waals surface area contributed by atoms with Gasteiger partial charge in [0.05, 0.1) is 9.92 Å². The lowest BCUT2D eigenvalue weighted by molar-refractivity contribution is -0.118. The predicted octanol–water partition coefficient (Wildman–Crippen LogP) is 4.11. The first-order valence-electron chi connectivity index (χ1n) is 9.33. The molecule has 0 atom stereocenters. The molecular formula is C20H22ClFN2O4S. The number of benzene rings is 2. The summed E-state index contributed by atoms with van der Waals surface area (Å²) in [6.45, 7) is -0.330. The van der Waals surface area contributed by atoms with Crippen LogP contribution < -0.4 is 14.8 Å². The lowest BCUT2D eigenvalue weighted by atomic mass is 9.96. The number of carbonyl (C=O) groups excluding carboxylic acids is 1. The molecule has 2 aromatic rings. The zero-order chi connectivity index (χ0) is 20.9. The molecule has 0 aliphatic heterocycles. The van der Waals surface area contributed by atoms with Crippen LogP contribution in [0.1, 0.15) is 32.1 Å². The van der Waals surface area contributed by atoms with Crippen LogP contribution >= 0.6 is 11.6 Å². The smallest absolute Gasteiger partial charge is 0.262 e. The van der Waals surface area contributed by atoms with E-state index in [0.717, 1.165) is 32.1 Å². The molecule has 1 amide bonds. The van der Waals surface area contributed by atoms with E-state index in [9.17, 15) is 17.6 Å². The van der Waals surface area contributed by atoms with Crippen LogP contribution in [0.3, 0.4) is 0 Å². The molecule has 0 radical (unpaired) electrons. The molecule has 0 spiro atoms. The summed E-state index contributed by atoms with van der Waals surface area (Å²) in [6, 6.07) is 9.38. The summed E-state index contributed by atoms with van der Waals surface area (Å²) < 4.78 is 46.1. The first-order chi connectivity index (χ1) is 13.8. The average molecular weight is 441 g/mol. The van der Waals surface area contributed by atoms with Crippen LogP contribution in [0.2, 0.25) is 5.02 Å². The minimum atomic E-state index is -3.67. The Hall–Kier alpha value is -2.16. The lowest BCUT2D eigenvalue weighted by Gasteiger charge is -2.22. The maximum absolute atomic E-state index is 12.9. The Morgan fingerprint density at radius 1 is 1.10 bits per heavy atom. The molecule has 6 nitrogen and oxygen atoms in total. The van der Waals surface area contributed by atoms with Crippen LogP contribution in [0.15, 0.2) is 47.4 Å². The Morgan fingerprint density at radius 2 is 1.79 bits per heavy atom. The zero-order valence-corrected chi connectivity index (χ0v) is 17.2. The third kappa shape index (κ3) is 6.16. The van der Waals surface area contributed by atoms with Gasteiger partial charge >= 0.3 is 0 Å². The van der Waals surface area contributed by atoms with Crippen LogP contribution in [0.5, 0.6) is 5.75 Å². The maximum Gasteiger partial charge on any atom is 0.262 e. The number of amides is 1. The average Bonchev–Trinajstić information content (AvgIpc) is 2.69. The van der Waals surface area contributed by atoms with Gasteiger partial charge in [0.2, 0.25) is 10.0 Å². The number of sulfonamides is 1. The van der Waals surface area contributed by atoms with Gasteiger partial charge in [0.1, 0.15) is 11.6 Å². The van der Waals surface area contributed by atoms with E-state index in [1.165, 1.54) is 42.5 Å². The van der Waals surface area contributed by atoms with Crippen LogP contribution in [0, 0.1) is 5.82 Å². The van der Waals surface area contributed by atoms with Gasteiger partial charge in [-0.2, -0.15) is 0 Å². The number of halogens is 2. The highest BCUT2D eigenvalue weighted by atomic mass is 35.5. The summed E-state index contributed by atoms with van der Waals surface area (Å²) in [6.07, 6.45) is 4.82. The summed E-state index contributed by atoms with van der Waals surface area (Å²) in [5.74, 6) is -0.667. The Bertz CT molecular complexity index is 961. The van der Waals surface area contributed by atoms with Crippen LogP contribution in [-0.4, -0.2) is 27.0 Å². The molecule has 0 bridgehead atoms. The van der Waals surface area contributed by atoms with Crippen molar-refractivity contribution in [2.24, 2.45) is 0 Å². The van der Waals surface area contributed by atoms with Crippen LogP contribution in [-0.2, 0) is 14.8 Å². The molecule has 1 aliphatic carbocycles. The standard InChI is InChI=1S/C20H22ClFN2O4S/c21-18-12-17(29(26,27)24-16-4-2-1-3-5-16)10-11-19(18)28-13-20(25)23-15-8-6-14(22)7-9-15/h6-12,16,24H,1-5,13H2,(H,23,25). The van der Waals surface area contributed by atoms with Crippen molar-refractivity contribution >= 4 is 33.2 Å². The van der Waals surface area contributed by atoms with E-state index in [1.807, 2.05) is 0 Å². The fraction of sp³-hybridized carbons (Fsp3) is 0.350. The minimum Gasteiger partial charge on any atom is -0.482 e. The molecule has 1 saturated carbocycles. The van der Waals surface area contributed by atoms with E-state index in [0.29, 0.717) is 5.69 Å². The van der Waals surface area contributed by atoms with Crippen molar-refractivity contribution in [3.8, 4) is 5.75 Å². The summed E-state index contributed by atoms with van der Waals surface area (Å²) in [5, 5.41) is 2.65. The first-order valence-corrected chi connectivity index (χ1v) is 11.2. The van der Waals surface area contributed by atoms with Crippen molar-refractivity contribution in [3.05, 3.63) is 53.3 Å². The van der Waals surface area contributed by atoms with Crippen molar-refractivity contribution in [2.45, 2.75) is 43.0 Å². The largest absolute Gasteiger partial charge is 0.482 e. The molecule has 1 fully saturated rings. The minimum absolute atomic E-state index is 0.0520. The van der Waals surface area contributed by atoms with Gasteiger partial charge in [-0.25, -0.2) is 17.5 Å². The molecule has 0 heterocycles. The number of carbonyl (C=O) groups is 1. The number of hydrogen-bond acceptors (Lipinski definition) is 4. The first kappa shape index (κ1) is 21.5. The van der Waals surface area contributed by atoms with Gasteiger partial charge < -0.3 is 10.1 Å². The van der Waals surface area contributed by atoms with Crippen molar-refractivity contribution in [3.63, 3.8) is 0 Å². The Kier molecular flexibility index (Phi) is 7.10. The highest BCUT2D eigenvalue weighted by molar-refractivity contribution is 7.89. The topological polar surface area (TPSA) is 84.5 Å². The maximum atomic E-state index is 12.9. The van der Waals surface area contributed by atoms with Gasteiger partial charge in [-0.15, -0.1) is 0 Å². The molecule has 3 rings (SSSR count). The van der Waals surface area contributed by atoms with Gasteiger partial charge in [0.15, 0.2) is 6.61 Å². The molecular weight excluding hydrogens is 419 g/mol. The summed E-state index contributed by atoms with van der Waals surface area (Å²) >= 11 is 6.15. The molecule has 2 aromatic carbocycles. The van der Waals surface area contributed by atoms with E-state index in [2.05, 4.69) is 10.0 Å². The number of nitrogens with one attached hydrogen (secondary N) is 2. The van der Waals surface area contributed by atoms with Crippen LogP contribution in [0.4, 0.5) is 10.1 Å². The molecule has 0 unspecified atom stereocenters. The van der Waals surface area contributed by atoms with Crippen molar-refractivity contribution in [1.82, 2.24) is 4.72 Å². The van der Waals surface area contributed by atoms with E-state index in [-0.39, 0.29) is 28.3 Å². The van der Waals surface area contributed by atoms with Crippen molar-refractivity contribution in [1.29, 1.82) is 0 Å². The summed E-state index contributed by atoms with van der Waals surface area (Å²) in [4.78, 5) is 12.0. The lowest BCUT2D eigenvalue weighted by Crippen LogP contribution is -2.36. The predicted molar refractivity (Wildman–Crippen MR) is 109 cm³/mol. The fourth-order valence-electron chi connectivity index (χ4n) is 3.15. The van der Waals surface area contributed by atoms with Gasteiger partial charge in [-0.1, -0.05) is 30.9 Å². The number of rotatable bonds is 7. The molecule has 0 saturated heterocycles. The van der Waals surface area contributed by atoms with E-state index in [1.54, 1.807) is 0 Å². The highest BCUT2D eigenvalue weighted by Crippen LogP contribution is 2.28. The van der Waals surface area contributed by atoms with E-state index < -0.39 is 21.7 Å². The van der Waals surface area contributed by atoms with Gasteiger partial charge in [0.25, 0.3) is 5.91 Å². The molecule has 9 heteroatoms. The fourth-order valence-corrected chi connectivity index (χ4v) is 4.78. The molecule has 29 heavy (non-hydrogen) atoms. The second-order valence-corrected chi connectivity index (χ2v) is 9.01. The molecule has 2 N–H and O–H groups in total. The van der Waals surface area contributed by atoms with Gasteiger partial charge in [-0.05, 0) is 55.3 Å². The Labute approximate surface area is 174 Å². The van der Waals surface area contributed by atoms with Gasteiger partial charge in [-0.3, -0.25) is 4.79 Å². The second-order valence-electron chi connectivity index (χ2n) is 6.89. The second kappa shape index (κ2) is 9.56. The molecule has 0 aromatic heterocycles. The zero-order valence-electron chi connectivity index (χ0n) is 15.7. The SMILES string of the molecule is O=C(COc1ccc(S(=O)(=O)NC2CCCCC2)cc1Cl)Nc1ccc(F)cc1. The summed E-state index contributed by atoms with van der Waals surface area (Å²) in [7, 11) is -3.67. The van der Waals surface area contributed by atoms with Crippen molar-refractivity contribution in [2.75, 3.05) is 11.9 Å². The van der Waals surface area contributed by atoms with Crippen molar-refractivity contribution < 1.29 is 22.3 Å².